The molecule has 1 atom stereocenters. The smallest absolute Gasteiger partial charge is 0.125 e. The van der Waals surface area contributed by atoms with Gasteiger partial charge in [0.25, 0.3) is 0 Å². The highest BCUT2D eigenvalue weighted by Gasteiger charge is 2.10. The minimum absolute atomic E-state index is 0.236. The van der Waals surface area contributed by atoms with Crippen LogP contribution in [0.4, 0.5) is 0 Å². The van der Waals surface area contributed by atoms with Crippen LogP contribution < -0.4 is 10.1 Å². The fourth-order valence-electron chi connectivity index (χ4n) is 2.23. The summed E-state index contributed by atoms with van der Waals surface area (Å²) in [6.45, 7) is 10.6. The zero-order chi connectivity index (χ0) is 13.5. The average molecular weight is 251 g/mol. The molecule has 0 radical (unpaired) electrons. The average Bonchev–Trinajstić information content (AvgIpc) is 2.28. The van der Waals surface area contributed by atoms with Gasteiger partial charge in [-0.05, 0) is 38.4 Å². The Kier molecular flexibility index (Phi) is 6.16. The second-order valence-electron chi connectivity index (χ2n) is 4.75. The molecule has 0 saturated carbocycles. The van der Waals surface area contributed by atoms with Crippen LogP contribution in [0.2, 0.25) is 0 Å². The lowest BCUT2D eigenvalue weighted by Gasteiger charge is -2.20. The second kappa shape index (κ2) is 7.39. The molecule has 3 heteroatoms. The van der Waals surface area contributed by atoms with Gasteiger partial charge in [-0.25, -0.2) is 0 Å². The molecular formula is C15H25NO2. The number of benzene rings is 1. The molecule has 0 bridgehead atoms. The van der Waals surface area contributed by atoms with Gasteiger partial charge in [0, 0.05) is 7.11 Å². The van der Waals surface area contributed by atoms with Gasteiger partial charge >= 0.3 is 0 Å². The molecule has 0 aromatic heterocycles. The van der Waals surface area contributed by atoms with Crippen molar-refractivity contribution in [2.45, 2.75) is 33.7 Å². The summed E-state index contributed by atoms with van der Waals surface area (Å²) in [4.78, 5) is 0. The van der Waals surface area contributed by atoms with Gasteiger partial charge < -0.3 is 14.8 Å². The van der Waals surface area contributed by atoms with Crippen molar-refractivity contribution in [3.05, 3.63) is 28.8 Å². The molecular weight excluding hydrogens is 226 g/mol. The number of nitrogens with one attached hydrogen (secondary N) is 1. The minimum Gasteiger partial charge on any atom is -0.491 e. The fraction of sp³-hybridized carbons (Fsp3) is 0.600. The van der Waals surface area contributed by atoms with E-state index in [-0.39, 0.29) is 6.04 Å². The maximum Gasteiger partial charge on any atom is 0.125 e. The number of hydrogen-bond acceptors (Lipinski definition) is 3. The van der Waals surface area contributed by atoms with Crippen LogP contribution in [0.1, 0.15) is 23.6 Å². The van der Waals surface area contributed by atoms with Gasteiger partial charge in [0.1, 0.15) is 12.4 Å². The van der Waals surface area contributed by atoms with Gasteiger partial charge in [-0.15, -0.1) is 0 Å². The largest absolute Gasteiger partial charge is 0.491 e. The van der Waals surface area contributed by atoms with Crippen LogP contribution in [0, 0.1) is 20.8 Å². The van der Waals surface area contributed by atoms with Crippen molar-refractivity contribution in [1.29, 1.82) is 0 Å². The van der Waals surface area contributed by atoms with E-state index in [1.54, 1.807) is 7.11 Å². The summed E-state index contributed by atoms with van der Waals surface area (Å²) < 4.78 is 11.1. The van der Waals surface area contributed by atoms with E-state index in [1.165, 1.54) is 16.7 Å². The Morgan fingerprint density at radius 1 is 1.11 bits per heavy atom. The number of aryl methyl sites for hydroxylation is 3. The molecule has 1 N–H and O–H groups in total. The Hall–Kier alpha value is -1.06. The lowest BCUT2D eigenvalue weighted by atomic mass is 10.1. The summed E-state index contributed by atoms with van der Waals surface area (Å²) >= 11 is 0. The normalized spacial score (nSPS) is 12.5. The van der Waals surface area contributed by atoms with Crippen LogP contribution in [0.5, 0.6) is 5.75 Å². The van der Waals surface area contributed by atoms with Crippen molar-refractivity contribution in [1.82, 2.24) is 5.32 Å². The highest BCUT2D eigenvalue weighted by molar-refractivity contribution is 5.42. The van der Waals surface area contributed by atoms with E-state index >= 15 is 0 Å². The summed E-state index contributed by atoms with van der Waals surface area (Å²) in [6, 6.07) is 4.54. The first-order valence-electron chi connectivity index (χ1n) is 6.51. The number of rotatable bonds is 7. The third-order valence-electron chi connectivity index (χ3n) is 2.89. The fourth-order valence-corrected chi connectivity index (χ4v) is 2.23. The Labute approximate surface area is 110 Å². The van der Waals surface area contributed by atoms with Crippen LogP contribution in [-0.2, 0) is 4.74 Å². The van der Waals surface area contributed by atoms with Crippen molar-refractivity contribution in [2.24, 2.45) is 0 Å². The molecule has 0 amide bonds. The summed E-state index contributed by atoms with van der Waals surface area (Å²) in [7, 11) is 1.71. The summed E-state index contributed by atoms with van der Waals surface area (Å²) in [5, 5.41) is 3.35. The third-order valence-corrected chi connectivity index (χ3v) is 2.89. The minimum atomic E-state index is 0.236. The van der Waals surface area contributed by atoms with E-state index < -0.39 is 0 Å². The van der Waals surface area contributed by atoms with Crippen molar-refractivity contribution >= 4 is 0 Å². The quantitative estimate of drug-likeness (QED) is 0.808. The lowest BCUT2D eigenvalue weighted by Crippen LogP contribution is -2.38. The topological polar surface area (TPSA) is 30.5 Å². The first-order valence-corrected chi connectivity index (χ1v) is 6.51. The Balaban J connectivity index is 2.66. The Morgan fingerprint density at radius 2 is 1.72 bits per heavy atom. The van der Waals surface area contributed by atoms with Crippen molar-refractivity contribution in [3.8, 4) is 5.75 Å². The van der Waals surface area contributed by atoms with Gasteiger partial charge in [0.2, 0.25) is 0 Å². The molecule has 1 unspecified atom stereocenters. The molecule has 3 nitrogen and oxygen atoms in total. The maximum atomic E-state index is 5.95. The van der Waals surface area contributed by atoms with Crippen LogP contribution in [0.25, 0.3) is 0 Å². The molecule has 0 heterocycles. The first kappa shape index (κ1) is 15.0. The predicted molar refractivity (Wildman–Crippen MR) is 75.5 cm³/mol. The molecule has 18 heavy (non-hydrogen) atoms. The first-order chi connectivity index (χ1) is 8.58. The zero-order valence-electron chi connectivity index (χ0n) is 12.2. The standard InChI is InChI=1S/C15H25NO2/c1-6-16-14(9-17-5)10-18-15-12(3)7-11(2)8-13(15)4/h7-8,14,16H,6,9-10H2,1-5H3. The van der Waals surface area contributed by atoms with Crippen LogP contribution in [0.3, 0.4) is 0 Å². The van der Waals surface area contributed by atoms with Crippen molar-refractivity contribution in [3.63, 3.8) is 0 Å². The molecule has 0 aliphatic carbocycles. The summed E-state index contributed by atoms with van der Waals surface area (Å²) in [5.41, 5.74) is 3.66. The molecule has 1 aromatic carbocycles. The highest BCUT2D eigenvalue weighted by atomic mass is 16.5. The van der Waals surface area contributed by atoms with Gasteiger partial charge in [0.05, 0.1) is 12.6 Å². The van der Waals surface area contributed by atoms with E-state index in [1.807, 2.05) is 0 Å². The highest BCUT2D eigenvalue weighted by Crippen LogP contribution is 2.24. The third kappa shape index (κ3) is 4.31. The van der Waals surface area contributed by atoms with Gasteiger partial charge in [-0.1, -0.05) is 24.6 Å². The monoisotopic (exact) mass is 251 g/mol. The van der Waals surface area contributed by atoms with Gasteiger partial charge in [-0.2, -0.15) is 0 Å². The summed E-state index contributed by atoms with van der Waals surface area (Å²) in [6.07, 6.45) is 0. The zero-order valence-corrected chi connectivity index (χ0v) is 12.2. The van der Waals surface area contributed by atoms with E-state index in [2.05, 4.69) is 45.1 Å². The molecule has 1 rings (SSSR count). The Bertz CT molecular complexity index is 348. The molecule has 0 spiro atoms. The Morgan fingerprint density at radius 3 is 2.22 bits per heavy atom. The van der Waals surface area contributed by atoms with Gasteiger partial charge in [-0.3, -0.25) is 0 Å². The number of hydrogen-bond donors (Lipinski definition) is 1. The summed E-state index contributed by atoms with van der Waals surface area (Å²) in [5.74, 6) is 1.000. The molecule has 0 aliphatic rings. The van der Waals surface area contributed by atoms with Crippen molar-refractivity contribution in [2.75, 3.05) is 26.9 Å². The van der Waals surface area contributed by atoms with Crippen LogP contribution in [0.15, 0.2) is 12.1 Å². The number of likely N-dealkylation sites (N-methyl/N-ethyl adjacent to an activating group) is 1. The SMILES string of the molecule is CCNC(COC)COc1c(C)cc(C)cc1C. The van der Waals surface area contributed by atoms with E-state index in [0.29, 0.717) is 13.2 Å². The van der Waals surface area contributed by atoms with E-state index in [4.69, 9.17) is 9.47 Å². The lowest BCUT2D eigenvalue weighted by molar-refractivity contribution is 0.136. The molecule has 0 fully saturated rings. The van der Waals surface area contributed by atoms with E-state index in [9.17, 15) is 0 Å². The molecule has 0 aliphatic heterocycles. The van der Waals surface area contributed by atoms with Gasteiger partial charge in [0.15, 0.2) is 0 Å². The second-order valence-corrected chi connectivity index (χ2v) is 4.75. The molecule has 102 valence electrons. The van der Waals surface area contributed by atoms with E-state index in [0.717, 1.165) is 12.3 Å². The maximum absolute atomic E-state index is 5.95. The number of ether oxygens (including phenoxy) is 2. The van der Waals surface area contributed by atoms with Crippen LogP contribution in [-0.4, -0.2) is 32.9 Å². The molecule has 1 aromatic rings. The number of methoxy groups -OCH3 is 1. The predicted octanol–water partition coefficient (Wildman–Crippen LogP) is 2.62. The van der Waals surface area contributed by atoms with Crippen LogP contribution >= 0.6 is 0 Å². The van der Waals surface area contributed by atoms with Crippen molar-refractivity contribution < 1.29 is 9.47 Å². The molecule has 0 saturated heterocycles.